The summed E-state index contributed by atoms with van der Waals surface area (Å²) < 4.78 is 0. The molecule has 0 saturated carbocycles. The van der Waals surface area contributed by atoms with Crippen LogP contribution in [0.4, 0.5) is 23.0 Å². The number of aromatic carboxylic acids is 1. The van der Waals surface area contributed by atoms with Gasteiger partial charge in [0.15, 0.2) is 0 Å². The summed E-state index contributed by atoms with van der Waals surface area (Å²) in [6.07, 6.45) is 6.17. The van der Waals surface area contributed by atoms with Crippen molar-refractivity contribution in [3.63, 3.8) is 0 Å². The molecule has 0 aliphatic rings. The lowest BCUT2D eigenvalue weighted by atomic mass is 10.2. The van der Waals surface area contributed by atoms with E-state index in [2.05, 4.69) is 30.6 Å². The van der Waals surface area contributed by atoms with Crippen LogP contribution >= 0.6 is 24.0 Å². The van der Waals surface area contributed by atoms with E-state index in [1.54, 1.807) is 60.9 Å². The molecule has 0 bridgehead atoms. The molecule has 2 aromatic carbocycles. The van der Waals surface area contributed by atoms with Gasteiger partial charge in [-0.15, -0.1) is 12.4 Å². The molecule has 33 heavy (non-hydrogen) atoms. The van der Waals surface area contributed by atoms with Gasteiger partial charge < -0.3 is 15.7 Å². The van der Waals surface area contributed by atoms with Crippen LogP contribution in [0, 0.1) is 0 Å². The Morgan fingerprint density at radius 2 is 1.12 bits per heavy atom. The molecule has 0 aliphatic heterocycles. The molecule has 9 nitrogen and oxygen atoms in total. The van der Waals surface area contributed by atoms with Crippen LogP contribution in [0.15, 0.2) is 85.7 Å². The summed E-state index contributed by atoms with van der Waals surface area (Å²) in [7, 11) is 0. The highest BCUT2D eigenvalue weighted by molar-refractivity contribution is 6.67. The van der Waals surface area contributed by atoms with Gasteiger partial charge in [0.1, 0.15) is 24.3 Å². The maximum absolute atomic E-state index is 10.8. The zero-order chi connectivity index (χ0) is 22.8. The molecule has 11 heteroatoms. The number of carboxylic acid groups (broad SMARTS) is 1. The molecule has 0 aliphatic carbocycles. The second-order valence-corrected chi connectivity index (χ2v) is 6.52. The van der Waals surface area contributed by atoms with Crippen molar-refractivity contribution in [2.24, 2.45) is 0 Å². The lowest BCUT2D eigenvalue weighted by molar-refractivity contribution is 0.0696. The van der Waals surface area contributed by atoms with Crippen LogP contribution in [0.1, 0.15) is 20.7 Å². The predicted molar refractivity (Wildman–Crippen MR) is 128 cm³/mol. The number of hydrogen-bond donors (Lipinski definition) is 3. The number of benzene rings is 2. The quantitative estimate of drug-likeness (QED) is 0.325. The molecule has 0 unspecified atom stereocenters. The molecule has 0 amide bonds. The molecular formula is C22H18Cl2N6O3. The van der Waals surface area contributed by atoms with Crippen LogP contribution in [-0.2, 0) is 0 Å². The van der Waals surface area contributed by atoms with Gasteiger partial charge in [0.05, 0.1) is 5.56 Å². The van der Waals surface area contributed by atoms with Gasteiger partial charge >= 0.3 is 5.97 Å². The van der Waals surface area contributed by atoms with Crippen molar-refractivity contribution in [2.75, 3.05) is 10.6 Å². The Morgan fingerprint density at radius 3 is 1.45 bits per heavy atom. The fraction of sp³-hybridized carbons (Fsp3) is 0. The van der Waals surface area contributed by atoms with E-state index in [4.69, 9.17) is 16.7 Å². The molecule has 0 atom stereocenters. The zero-order valence-electron chi connectivity index (χ0n) is 16.9. The van der Waals surface area contributed by atoms with Crippen molar-refractivity contribution in [3.8, 4) is 0 Å². The Morgan fingerprint density at radius 1 is 0.697 bits per heavy atom. The third-order valence-corrected chi connectivity index (χ3v) is 4.17. The maximum Gasteiger partial charge on any atom is 0.335 e. The van der Waals surface area contributed by atoms with Gasteiger partial charge in [0, 0.05) is 29.3 Å². The van der Waals surface area contributed by atoms with Gasteiger partial charge in [0.25, 0.3) is 5.24 Å². The third-order valence-electron chi connectivity index (χ3n) is 3.95. The van der Waals surface area contributed by atoms with Gasteiger partial charge in [-0.3, -0.25) is 4.79 Å². The molecule has 4 rings (SSSR count). The number of rotatable bonds is 6. The average Bonchev–Trinajstić information content (AvgIpc) is 2.82. The summed E-state index contributed by atoms with van der Waals surface area (Å²) in [5, 5.41) is 14.4. The molecule has 2 heterocycles. The predicted octanol–water partition coefficient (Wildman–Crippen LogP) is 4.94. The first-order chi connectivity index (χ1) is 15.5. The monoisotopic (exact) mass is 484 g/mol. The molecule has 0 fully saturated rings. The van der Waals surface area contributed by atoms with Crippen molar-refractivity contribution < 1.29 is 14.7 Å². The summed E-state index contributed by atoms with van der Waals surface area (Å²) in [5.41, 5.74) is 2.34. The highest BCUT2D eigenvalue weighted by Crippen LogP contribution is 2.16. The van der Waals surface area contributed by atoms with Gasteiger partial charge in [0.2, 0.25) is 0 Å². The van der Waals surface area contributed by atoms with Crippen LogP contribution in [0.3, 0.4) is 0 Å². The third kappa shape index (κ3) is 8.17. The Balaban J connectivity index is 0.000000227. The molecule has 0 saturated heterocycles. The molecule has 4 aromatic rings. The minimum absolute atomic E-state index is 0. The molecule has 168 valence electrons. The molecule has 3 N–H and O–H groups in total. The second kappa shape index (κ2) is 12.7. The van der Waals surface area contributed by atoms with Crippen molar-refractivity contribution in [3.05, 3.63) is 96.8 Å². The van der Waals surface area contributed by atoms with Crippen molar-refractivity contribution >= 4 is 58.2 Å². The number of anilines is 4. The SMILES string of the molecule is Cl.O=C(Cl)c1ccc(Nc2ccncn2)cc1.O=C(O)c1ccc(Nc2ccncn2)cc1. The Hall–Kier alpha value is -4.08. The average molecular weight is 485 g/mol. The highest BCUT2D eigenvalue weighted by atomic mass is 35.5. The number of halogens is 2. The first-order valence-electron chi connectivity index (χ1n) is 9.20. The number of nitrogens with one attached hydrogen (secondary N) is 2. The Kier molecular flexibility index (Phi) is 9.69. The summed E-state index contributed by atoms with van der Waals surface area (Å²) >= 11 is 5.34. The lowest BCUT2D eigenvalue weighted by Gasteiger charge is -2.04. The molecule has 0 spiro atoms. The summed E-state index contributed by atoms with van der Waals surface area (Å²) in [6.45, 7) is 0. The molecule has 2 aromatic heterocycles. The van der Waals surface area contributed by atoms with Gasteiger partial charge in [-0.2, -0.15) is 0 Å². The zero-order valence-corrected chi connectivity index (χ0v) is 18.5. The Labute approximate surface area is 200 Å². The number of hydrogen-bond acceptors (Lipinski definition) is 8. The van der Waals surface area contributed by atoms with E-state index < -0.39 is 11.2 Å². The molecular weight excluding hydrogens is 467 g/mol. The standard InChI is InChI=1S/C11H8ClN3O.C11H9N3O2.ClH/c12-11(16)8-1-3-9(4-2-8)15-10-5-6-13-7-14-10;15-11(16)8-1-3-9(4-2-8)14-10-5-6-12-7-13-10;/h1-7H,(H,13,14,15);1-7H,(H,15,16)(H,12,13,14);1H. The van der Waals surface area contributed by atoms with E-state index >= 15 is 0 Å². The van der Waals surface area contributed by atoms with E-state index in [1.807, 2.05) is 0 Å². The van der Waals surface area contributed by atoms with Crippen molar-refractivity contribution in [2.45, 2.75) is 0 Å². The van der Waals surface area contributed by atoms with Crippen molar-refractivity contribution in [1.29, 1.82) is 0 Å². The number of carbonyl (C=O) groups excluding carboxylic acids is 1. The van der Waals surface area contributed by atoms with E-state index in [1.165, 1.54) is 24.8 Å². The van der Waals surface area contributed by atoms with Gasteiger partial charge in [-0.1, -0.05) is 0 Å². The summed E-state index contributed by atoms with van der Waals surface area (Å²) in [5.74, 6) is 0.423. The van der Waals surface area contributed by atoms with Crippen LogP contribution in [0.2, 0.25) is 0 Å². The minimum atomic E-state index is -0.936. The number of nitrogens with zero attached hydrogens (tertiary/aromatic N) is 4. The lowest BCUT2D eigenvalue weighted by Crippen LogP contribution is -1.97. The second-order valence-electron chi connectivity index (χ2n) is 6.17. The number of carboxylic acids is 1. The minimum Gasteiger partial charge on any atom is -0.478 e. The van der Waals surface area contributed by atoms with E-state index in [-0.39, 0.29) is 18.0 Å². The van der Waals surface area contributed by atoms with E-state index in [9.17, 15) is 9.59 Å². The summed E-state index contributed by atoms with van der Waals surface area (Å²) in [4.78, 5) is 37.1. The van der Waals surface area contributed by atoms with Crippen LogP contribution in [0.25, 0.3) is 0 Å². The maximum atomic E-state index is 10.8. The topological polar surface area (TPSA) is 130 Å². The van der Waals surface area contributed by atoms with Gasteiger partial charge in [-0.05, 0) is 72.3 Å². The smallest absolute Gasteiger partial charge is 0.335 e. The first-order valence-corrected chi connectivity index (χ1v) is 9.58. The number of carbonyl (C=O) groups is 2. The summed E-state index contributed by atoms with van der Waals surface area (Å²) in [6, 6.07) is 16.7. The number of aromatic nitrogens is 4. The van der Waals surface area contributed by atoms with E-state index in [0.717, 1.165) is 11.4 Å². The van der Waals surface area contributed by atoms with E-state index in [0.29, 0.717) is 17.2 Å². The van der Waals surface area contributed by atoms with Crippen LogP contribution < -0.4 is 10.6 Å². The normalized spacial score (nSPS) is 9.48. The first kappa shape index (κ1) is 25.2. The van der Waals surface area contributed by atoms with Crippen LogP contribution in [0.5, 0.6) is 0 Å². The van der Waals surface area contributed by atoms with Gasteiger partial charge in [-0.25, -0.2) is 24.7 Å². The Bertz CT molecular complexity index is 1070. The van der Waals surface area contributed by atoms with Crippen molar-refractivity contribution in [1.82, 2.24) is 19.9 Å². The fourth-order valence-electron chi connectivity index (χ4n) is 2.41. The highest BCUT2D eigenvalue weighted by Gasteiger charge is 2.02. The fourth-order valence-corrected chi connectivity index (χ4v) is 2.53. The van der Waals surface area contributed by atoms with Crippen LogP contribution in [-0.4, -0.2) is 36.3 Å². The molecule has 0 radical (unpaired) electrons. The largest absolute Gasteiger partial charge is 0.478 e.